The zero-order valence-electron chi connectivity index (χ0n) is 35.5. The predicted molar refractivity (Wildman–Crippen MR) is 214 cm³/mol. The number of carbonyl (C=O) groups excluding carboxylic acids is 4. The van der Waals surface area contributed by atoms with Crippen LogP contribution in [0.2, 0.25) is 0 Å². The Labute approximate surface area is 326 Å². The predicted octanol–water partition coefficient (Wildman–Crippen LogP) is 3.24. The Balaban J connectivity index is 2.26. The van der Waals surface area contributed by atoms with Gasteiger partial charge in [0.25, 0.3) is 0 Å². The monoisotopic (exact) mass is 761 g/mol. The van der Waals surface area contributed by atoms with E-state index in [-0.39, 0.29) is 47.9 Å². The van der Waals surface area contributed by atoms with Crippen molar-refractivity contribution in [3.8, 4) is 0 Å². The van der Waals surface area contributed by atoms with Gasteiger partial charge in [0.2, 0.25) is 23.6 Å². The van der Waals surface area contributed by atoms with Crippen LogP contribution in [0.1, 0.15) is 125 Å². The first kappa shape index (κ1) is 47.1. The van der Waals surface area contributed by atoms with Gasteiger partial charge in [0, 0.05) is 33.5 Å². The molecule has 0 radical (unpaired) electrons. The van der Waals surface area contributed by atoms with E-state index < -0.39 is 42.2 Å². The van der Waals surface area contributed by atoms with E-state index in [0.29, 0.717) is 20.5 Å². The molecule has 1 aliphatic heterocycles. The van der Waals surface area contributed by atoms with Crippen molar-refractivity contribution in [2.75, 3.05) is 27.8 Å². The lowest BCUT2D eigenvalue weighted by Crippen LogP contribution is -2.60. The van der Waals surface area contributed by atoms with Crippen molar-refractivity contribution in [1.29, 1.82) is 0 Å². The molecule has 0 aromatic carbocycles. The average Bonchev–Trinajstić information content (AvgIpc) is 3.78. The molecule has 54 heavy (non-hydrogen) atoms. The molecule has 1 aromatic heterocycles. The minimum atomic E-state index is -0.807. The van der Waals surface area contributed by atoms with E-state index in [4.69, 9.17) is 15.2 Å². The first-order valence-electron chi connectivity index (χ1n) is 20.5. The van der Waals surface area contributed by atoms with Crippen molar-refractivity contribution in [1.82, 2.24) is 35.2 Å². The van der Waals surface area contributed by atoms with Crippen molar-refractivity contribution < 1.29 is 28.7 Å². The lowest BCUT2D eigenvalue weighted by atomic mass is 9.89. The van der Waals surface area contributed by atoms with Crippen LogP contribution in [0.5, 0.6) is 0 Å². The van der Waals surface area contributed by atoms with Crippen LogP contribution >= 0.6 is 0 Å². The summed E-state index contributed by atoms with van der Waals surface area (Å²) in [6.07, 6.45) is 7.39. The number of likely N-dealkylation sites (N-methyl/N-ethyl adjacent to an activating group) is 1. The number of hydrogen-bond acceptors (Lipinski definition) is 9. The smallest absolute Gasteiger partial charge is 0.349 e. The highest BCUT2D eigenvalue weighted by Crippen LogP contribution is 2.29. The summed E-state index contributed by atoms with van der Waals surface area (Å²) < 4.78 is 13.6. The number of aryl methyl sites for hydroxylation is 1. The summed E-state index contributed by atoms with van der Waals surface area (Å²) in [7, 11) is 5.17. The number of amides is 4. The Morgan fingerprint density at radius 1 is 0.981 bits per heavy atom. The highest BCUT2D eigenvalue weighted by atomic mass is 16.5. The van der Waals surface area contributed by atoms with Crippen LogP contribution in [0.25, 0.3) is 0 Å². The van der Waals surface area contributed by atoms with Gasteiger partial charge in [-0.3, -0.25) is 23.8 Å². The Bertz CT molecular complexity index is 1330. The molecule has 0 aliphatic carbocycles. The van der Waals surface area contributed by atoms with Crippen LogP contribution in [-0.2, 0) is 41.5 Å². The molecule has 14 nitrogen and oxygen atoms in total. The van der Waals surface area contributed by atoms with Crippen molar-refractivity contribution >= 4 is 31.2 Å². The van der Waals surface area contributed by atoms with Gasteiger partial charge < -0.3 is 35.6 Å². The topological polar surface area (TPSA) is 174 Å². The molecule has 2 heterocycles. The molecule has 15 heteroatoms. The number of methoxy groups -OCH3 is 2. The lowest BCUT2D eigenvalue weighted by molar-refractivity contribution is -0.147. The molecule has 1 aliphatic rings. The van der Waals surface area contributed by atoms with E-state index in [0.717, 1.165) is 49.9 Å². The van der Waals surface area contributed by atoms with Gasteiger partial charge in [-0.2, -0.15) is 0 Å². The second kappa shape index (κ2) is 23.1. The van der Waals surface area contributed by atoms with E-state index in [9.17, 15) is 19.2 Å². The summed E-state index contributed by atoms with van der Waals surface area (Å²) in [4.78, 5) is 57.8. The fraction of sp³-hybridized carbons (Fsp3) is 0.846. The number of aromatic nitrogens is 3. The number of ether oxygens (including phenoxy) is 2. The quantitative estimate of drug-likeness (QED) is 0.0999. The molecule has 4 amide bonds. The molecule has 1 saturated heterocycles. The molecule has 2 rings (SSSR count). The minimum absolute atomic E-state index is 0.0202. The lowest BCUT2D eigenvalue weighted by Gasteiger charge is -2.41. The molecule has 4 N–H and O–H groups in total. The highest BCUT2D eigenvalue weighted by molar-refractivity contribution is 6.30. The maximum Gasteiger partial charge on any atom is 0.349 e. The standard InChI is InChI=1S/C39H73BN8O6/c1-13-16-17-18-20-29-28(15-3)44-45-48(29)40-43-33(24(4)5)38(51)42-34(25(6)7)39(52)46(10)35(26(8)14-2)31(53-11)23-32(49)47-22-19-21-30(47)36(54-12)27(9)37(41)50/h24-27,30-31,33-36,40,43H,13-23H2,1-12H3,(H2,41,50)(H,42,51)/t26-,27+,30-,31+,33?,34-,35-,36+/m0/s1. The third-order valence-electron chi connectivity index (χ3n) is 11.5. The van der Waals surface area contributed by atoms with Crippen molar-refractivity contribution in [3.63, 3.8) is 0 Å². The zero-order chi connectivity index (χ0) is 40.7. The molecular weight excluding hydrogens is 687 g/mol. The van der Waals surface area contributed by atoms with E-state index in [2.05, 4.69) is 34.7 Å². The maximum atomic E-state index is 14.4. The summed E-state index contributed by atoms with van der Waals surface area (Å²) in [6, 6.07) is -2.13. The molecule has 308 valence electrons. The van der Waals surface area contributed by atoms with Crippen LogP contribution in [0.4, 0.5) is 0 Å². The number of primary amides is 1. The first-order chi connectivity index (χ1) is 25.6. The third kappa shape index (κ3) is 12.5. The number of rotatable bonds is 25. The van der Waals surface area contributed by atoms with E-state index in [1.165, 1.54) is 20.0 Å². The highest BCUT2D eigenvalue weighted by Gasteiger charge is 2.42. The molecule has 0 saturated carbocycles. The number of likely N-dealkylation sites (tertiary alicyclic amines) is 1. The molecule has 0 spiro atoms. The Morgan fingerprint density at radius 3 is 2.19 bits per heavy atom. The van der Waals surface area contributed by atoms with Gasteiger partial charge in [-0.25, -0.2) is 0 Å². The number of nitrogens with one attached hydrogen (secondary N) is 2. The summed E-state index contributed by atoms with van der Waals surface area (Å²) >= 11 is 0. The third-order valence-corrected chi connectivity index (χ3v) is 11.5. The Kier molecular flexibility index (Phi) is 20.2. The van der Waals surface area contributed by atoms with Crippen molar-refractivity contribution in [2.24, 2.45) is 29.4 Å². The number of unbranched alkanes of at least 4 members (excludes halogenated alkanes) is 3. The second-order valence-electron chi connectivity index (χ2n) is 16.0. The number of nitrogens with zero attached hydrogens (tertiary/aromatic N) is 5. The van der Waals surface area contributed by atoms with Crippen molar-refractivity contribution in [2.45, 2.75) is 163 Å². The van der Waals surface area contributed by atoms with Gasteiger partial charge in [-0.05, 0) is 49.9 Å². The van der Waals surface area contributed by atoms with Gasteiger partial charge in [-0.15, -0.1) is 5.10 Å². The fourth-order valence-corrected chi connectivity index (χ4v) is 7.87. The Morgan fingerprint density at radius 2 is 1.65 bits per heavy atom. The van der Waals surface area contributed by atoms with E-state index in [1.807, 2.05) is 46.1 Å². The van der Waals surface area contributed by atoms with E-state index >= 15 is 0 Å². The molecule has 1 unspecified atom stereocenters. The molecule has 0 bridgehead atoms. The number of hydrogen-bond donors (Lipinski definition) is 3. The van der Waals surface area contributed by atoms with Crippen molar-refractivity contribution in [3.05, 3.63) is 11.4 Å². The number of nitrogens with two attached hydrogens (primary N) is 1. The second-order valence-corrected chi connectivity index (χ2v) is 16.0. The summed E-state index contributed by atoms with van der Waals surface area (Å²) in [6.45, 7) is 18.4. The first-order valence-corrected chi connectivity index (χ1v) is 20.5. The van der Waals surface area contributed by atoms with E-state index in [1.54, 1.807) is 30.9 Å². The normalized spacial score (nSPS) is 18.6. The van der Waals surface area contributed by atoms with Gasteiger partial charge in [0.05, 0.1) is 48.4 Å². The Hall–Kier alpha value is -3.04. The molecule has 8 atom stereocenters. The minimum Gasteiger partial charge on any atom is -0.379 e. The largest absolute Gasteiger partial charge is 0.379 e. The van der Waals surface area contributed by atoms with Crippen LogP contribution in [-0.4, -0.2) is 120 Å². The van der Waals surface area contributed by atoms with Crippen LogP contribution in [0.15, 0.2) is 0 Å². The van der Waals surface area contributed by atoms with Crippen LogP contribution < -0.4 is 16.3 Å². The van der Waals surface area contributed by atoms with Gasteiger partial charge in [0.15, 0.2) is 0 Å². The fourth-order valence-electron chi connectivity index (χ4n) is 7.87. The number of carbonyl (C=O) groups is 4. The van der Waals surface area contributed by atoms with Gasteiger partial charge >= 0.3 is 7.55 Å². The van der Waals surface area contributed by atoms with Gasteiger partial charge in [0.1, 0.15) is 6.04 Å². The average molecular weight is 761 g/mol. The van der Waals surface area contributed by atoms with Gasteiger partial charge in [-0.1, -0.05) is 93.2 Å². The maximum absolute atomic E-state index is 14.4. The summed E-state index contributed by atoms with van der Waals surface area (Å²) in [5, 5.41) is 15.3. The SMILES string of the molecule is CCCCCCc1c(CC)nnn1BNC(C(=O)N[C@H](C(=O)N(C)[C@@H]([C@@H](C)CC)[C@@H](CC(=O)N1CCC[C@H]1[C@H](OC)[C@@H](C)C(N)=O)OC)C(C)C)C(C)C. The van der Waals surface area contributed by atoms with Crippen LogP contribution in [0, 0.1) is 23.7 Å². The molecule has 1 fully saturated rings. The van der Waals surface area contributed by atoms with Crippen LogP contribution in [0.3, 0.4) is 0 Å². The molecular formula is C39H73BN8O6. The summed E-state index contributed by atoms with van der Waals surface area (Å²) in [5.41, 5.74) is 7.70. The zero-order valence-corrected chi connectivity index (χ0v) is 35.5. The molecule has 1 aromatic rings. The summed E-state index contributed by atoms with van der Waals surface area (Å²) in [5.74, 6) is -1.97.